The fraction of sp³-hybridized carbons (Fsp3) is 0.760. The first kappa shape index (κ1) is 25.2. The van der Waals surface area contributed by atoms with Crippen molar-refractivity contribution in [2.45, 2.75) is 82.8 Å². The van der Waals surface area contributed by atoms with Gasteiger partial charge in [0, 0.05) is 31.7 Å². The molecule has 182 valence electrons. The van der Waals surface area contributed by atoms with Crippen LogP contribution in [0.4, 0.5) is 0 Å². The van der Waals surface area contributed by atoms with Crippen molar-refractivity contribution < 1.29 is 24.4 Å². The molecule has 1 heterocycles. The van der Waals surface area contributed by atoms with E-state index in [1.807, 2.05) is 32.0 Å². The summed E-state index contributed by atoms with van der Waals surface area (Å²) in [5.74, 6) is 1.31. The summed E-state index contributed by atoms with van der Waals surface area (Å²) >= 11 is 0. The molecular formula is C25H42N2O5. The average molecular weight is 451 g/mol. The Hall–Kier alpha value is -1.38. The molecule has 0 spiro atoms. The predicted octanol–water partition coefficient (Wildman–Crippen LogP) is 2.37. The van der Waals surface area contributed by atoms with Gasteiger partial charge in [-0.3, -0.25) is 4.90 Å². The fourth-order valence-corrected chi connectivity index (χ4v) is 4.69. The van der Waals surface area contributed by atoms with Gasteiger partial charge in [0.25, 0.3) is 0 Å². The van der Waals surface area contributed by atoms with E-state index < -0.39 is 6.10 Å². The minimum Gasteiger partial charge on any atom is -0.493 e. The van der Waals surface area contributed by atoms with Gasteiger partial charge < -0.3 is 29.7 Å². The summed E-state index contributed by atoms with van der Waals surface area (Å²) in [6.07, 6.45) is 5.91. The number of benzene rings is 1. The van der Waals surface area contributed by atoms with Gasteiger partial charge in [-0.2, -0.15) is 0 Å². The number of β-amino-alcohol motifs (C(OH)–C–C–N with tert-alkyl or cyclic N) is 1. The summed E-state index contributed by atoms with van der Waals surface area (Å²) in [7, 11) is 1.64. The van der Waals surface area contributed by atoms with Crippen molar-refractivity contribution in [2.75, 3.05) is 40.0 Å². The second kappa shape index (κ2) is 12.8. The topological polar surface area (TPSA) is 83.4 Å². The molecule has 1 aromatic carbocycles. The van der Waals surface area contributed by atoms with Crippen molar-refractivity contribution in [3.05, 3.63) is 23.8 Å². The van der Waals surface area contributed by atoms with E-state index in [2.05, 4.69) is 10.2 Å². The summed E-state index contributed by atoms with van der Waals surface area (Å²) in [5.41, 5.74) is 1.14. The van der Waals surface area contributed by atoms with Crippen LogP contribution in [0.25, 0.3) is 0 Å². The number of hydrogen-bond donors (Lipinski definition) is 3. The van der Waals surface area contributed by atoms with Crippen LogP contribution in [0.1, 0.15) is 51.5 Å². The van der Waals surface area contributed by atoms with Gasteiger partial charge in [-0.25, -0.2) is 0 Å². The highest BCUT2D eigenvalue weighted by atomic mass is 16.5. The van der Waals surface area contributed by atoms with E-state index in [0.717, 1.165) is 44.3 Å². The Bertz CT molecular complexity index is 686. The van der Waals surface area contributed by atoms with E-state index in [1.165, 1.54) is 12.8 Å². The Labute approximate surface area is 193 Å². The number of methoxy groups -OCH3 is 1. The number of aliphatic hydroxyl groups is 2. The number of likely N-dealkylation sites (tertiary alicyclic amines) is 1. The third kappa shape index (κ3) is 7.59. The van der Waals surface area contributed by atoms with Gasteiger partial charge in [0.1, 0.15) is 12.7 Å². The van der Waals surface area contributed by atoms with Gasteiger partial charge >= 0.3 is 0 Å². The van der Waals surface area contributed by atoms with Crippen LogP contribution in [-0.4, -0.2) is 85.5 Å². The lowest BCUT2D eigenvalue weighted by atomic mass is 9.91. The zero-order chi connectivity index (χ0) is 22.9. The molecular weight excluding hydrogens is 408 g/mol. The van der Waals surface area contributed by atoms with Crippen LogP contribution in [0.3, 0.4) is 0 Å². The molecule has 7 nitrogen and oxygen atoms in total. The molecule has 1 aromatic rings. The highest BCUT2D eigenvalue weighted by Crippen LogP contribution is 2.30. The Morgan fingerprint density at radius 3 is 2.69 bits per heavy atom. The van der Waals surface area contributed by atoms with Crippen LogP contribution in [0.2, 0.25) is 0 Å². The van der Waals surface area contributed by atoms with Crippen LogP contribution in [-0.2, 0) is 11.2 Å². The molecule has 1 saturated heterocycles. The molecule has 0 amide bonds. The van der Waals surface area contributed by atoms with Crippen molar-refractivity contribution in [2.24, 2.45) is 0 Å². The number of ether oxygens (including phenoxy) is 3. The maximum Gasteiger partial charge on any atom is 0.161 e. The fourth-order valence-electron chi connectivity index (χ4n) is 4.69. The molecule has 2 aliphatic rings. The SMILES string of the molecule is COc1cc(CCO[C@@H]2CCCC[C@H]2N2CC[C@@H](O)C2)ccc1OCC(O)CNC(C)C. The van der Waals surface area contributed by atoms with E-state index in [4.69, 9.17) is 14.2 Å². The third-order valence-electron chi connectivity index (χ3n) is 6.48. The van der Waals surface area contributed by atoms with Crippen molar-refractivity contribution in [3.63, 3.8) is 0 Å². The summed E-state index contributed by atoms with van der Waals surface area (Å²) in [6.45, 7) is 7.23. The van der Waals surface area contributed by atoms with Crippen molar-refractivity contribution in [1.29, 1.82) is 0 Å². The molecule has 1 aliphatic carbocycles. The molecule has 4 atom stereocenters. The molecule has 0 bridgehead atoms. The van der Waals surface area contributed by atoms with E-state index in [-0.39, 0.29) is 18.8 Å². The van der Waals surface area contributed by atoms with E-state index in [9.17, 15) is 10.2 Å². The van der Waals surface area contributed by atoms with Crippen molar-refractivity contribution >= 4 is 0 Å². The van der Waals surface area contributed by atoms with E-state index >= 15 is 0 Å². The minimum atomic E-state index is -0.574. The molecule has 32 heavy (non-hydrogen) atoms. The lowest BCUT2D eigenvalue weighted by Crippen LogP contribution is -2.46. The maximum absolute atomic E-state index is 10.1. The molecule has 1 aliphatic heterocycles. The van der Waals surface area contributed by atoms with Crippen LogP contribution in [0.15, 0.2) is 18.2 Å². The van der Waals surface area contributed by atoms with Crippen molar-refractivity contribution in [1.82, 2.24) is 10.2 Å². The molecule has 0 radical (unpaired) electrons. The number of hydrogen-bond acceptors (Lipinski definition) is 7. The third-order valence-corrected chi connectivity index (χ3v) is 6.48. The summed E-state index contributed by atoms with van der Waals surface area (Å²) in [4.78, 5) is 2.43. The number of nitrogens with one attached hydrogen (secondary N) is 1. The zero-order valence-corrected chi connectivity index (χ0v) is 20.0. The van der Waals surface area contributed by atoms with Gasteiger partial charge in [-0.15, -0.1) is 0 Å². The Kier molecular flexibility index (Phi) is 10.1. The Morgan fingerprint density at radius 1 is 1.16 bits per heavy atom. The maximum atomic E-state index is 10.1. The largest absolute Gasteiger partial charge is 0.493 e. The van der Waals surface area contributed by atoms with E-state index in [1.54, 1.807) is 7.11 Å². The Balaban J connectivity index is 1.47. The predicted molar refractivity (Wildman–Crippen MR) is 126 cm³/mol. The van der Waals surface area contributed by atoms with Crippen LogP contribution in [0.5, 0.6) is 11.5 Å². The highest BCUT2D eigenvalue weighted by Gasteiger charge is 2.34. The van der Waals surface area contributed by atoms with Crippen LogP contribution >= 0.6 is 0 Å². The molecule has 3 rings (SSSR count). The first-order chi connectivity index (χ1) is 15.5. The zero-order valence-electron chi connectivity index (χ0n) is 20.0. The summed E-state index contributed by atoms with van der Waals surface area (Å²) in [5, 5.41) is 23.2. The van der Waals surface area contributed by atoms with Gasteiger partial charge in [-0.1, -0.05) is 32.8 Å². The Morgan fingerprint density at radius 2 is 1.97 bits per heavy atom. The average Bonchev–Trinajstić information content (AvgIpc) is 3.23. The molecule has 3 N–H and O–H groups in total. The van der Waals surface area contributed by atoms with Crippen LogP contribution < -0.4 is 14.8 Å². The molecule has 2 fully saturated rings. The van der Waals surface area contributed by atoms with Gasteiger partial charge in [0.05, 0.1) is 25.9 Å². The monoisotopic (exact) mass is 450 g/mol. The molecule has 7 heteroatoms. The molecule has 1 saturated carbocycles. The lowest BCUT2D eigenvalue weighted by Gasteiger charge is -2.37. The first-order valence-corrected chi connectivity index (χ1v) is 12.2. The van der Waals surface area contributed by atoms with Gasteiger partial charge in [0.15, 0.2) is 11.5 Å². The number of nitrogens with zero attached hydrogens (tertiary/aromatic N) is 1. The molecule has 0 aromatic heterocycles. The standard InChI is InChI=1S/C25H42N2O5/c1-18(2)26-15-21(29)17-32-24-9-8-19(14-25(24)30-3)11-13-31-23-7-5-4-6-22(23)27-12-10-20(28)16-27/h8-9,14,18,20-23,26,28-29H,4-7,10-13,15-17H2,1-3H3/t20-,21?,22-,23-/m1/s1. The minimum absolute atomic E-state index is 0.182. The molecule has 1 unspecified atom stereocenters. The smallest absolute Gasteiger partial charge is 0.161 e. The summed E-state index contributed by atoms with van der Waals surface area (Å²) < 4.78 is 17.6. The second-order valence-electron chi connectivity index (χ2n) is 9.46. The lowest BCUT2D eigenvalue weighted by molar-refractivity contribution is -0.0316. The van der Waals surface area contributed by atoms with E-state index in [0.29, 0.717) is 36.7 Å². The van der Waals surface area contributed by atoms with Gasteiger partial charge in [-0.05, 0) is 43.4 Å². The van der Waals surface area contributed by atoms with Crippen molar-refractivity contribution in [3.8, 4) is 11.5 Å². The normalized spacial score (nSPS) is 25.2. The number of aliphatic hydroxyl groups excluding tert-OH is 2. The van der Waals surface area contributed by atoms with Gasteiger partial charge in [0.2, 0.25) is 0 Å². The first-order valence-electron chi connectivity index (χ1n) is 12.2. The quantitative estimate of drug-likeness (QED) is 0.451. The number of rotatable bonds is 12. The summed E-state index contributed by atoms with van der Waals surface area (Å²) in [6, 6.07) is 6.70. The highest BCUT2D eigenvalue weighted by molar-refractivity contribution is 5.43. The van der Waals surface area contributed by atoms with Crippen LogP contribution in [0, 0.1) is 0 Å². The second-order valence-corrected chi connectivity index (χ2v) is 9.46.